The molecule has 1 fully saturated rings. The van der Waals surface area contributed by atoms with Crippen molar-refractivity contribution >= 4 is 6.09 Å². The zero-order chi connectivity index (χ0) is 13.7. The van der Waals surface area contributed by atoms with Gasteiger partial charge in [-0.25, -0.2) is 4.79 Å². The molecule has 1 aromatic carbocycles. The van der Waals surface area contributed by atoms with Crippen molar-refractivity contribution in [2.45, 2.75) is 19.6 Å². The molecule has 1 heterocycles. The van der Waals surface area contributed by atoms with Gasteiger partial charge >= 0.3 is 6.09 Å². The van der Waals surface area contributed by atoms with Gasteiger partial charge in [0.15, 0.2) is 0 Å². The van der Waals surface area contributed by atoms with E-state index >= 15 is 0 Å². The van der Waals surface area contributed by atoms with Crippen LogP contribution < -0.4 is 10.6 Å². The summed E-state index contributed by atoms with van der Waals surface area (Å²) in [7, 11) is 0. The smallest absolute Gasteiger partial charge is 0.407 e. The van der Waals surface area contributed by atoms with Crippen LogP contribution in [0.3, 0.4) is 0 Å². The predicted octanol–water partition coefficient (Wildman–Crippen LogP) is 0.883. The summed E-state index contributed by atoms with van der Waals surface area (Å²) in [5.41, 5.74) is 0.623. The number of carbonyl (C=O) groups excluding carboxylic acids is 1. The maximum absolute atomic E-state index is 11.6. The minimum atomic E-state index is -0.454. The fourth-order valence-electron chi connectivity index (χ4n) is 2.09. The topological polar surface area (TPSA) is 70.6 Å². The average molecular weight is 264 g/mol. The molecule has 2 unspecified atom stereocenters. The van der Waals surface area contributed by atoms with Gasteiger partial charge in [-0.2, -0.15) is 0 Å². The van der Waals surface area contributed by atoms with Gasteiger partial charge in [0.2, 0.25) is 0 Å². The van der Waals surface area contributed by atoms with Crippen molar-refractivity contribution in [3.05, 3.63) is 35.9 Å². The van der Waals surface area contributed by atoms with Crippen molar-refractivity contribution in [1.29, 1.82) is 0 Å². The standard InChI is InChI=1S/C14H20N2O3/c1-14(9-15-7-12(14)17)10-16-13(18)19-8-11-5-3-2-4-6-11/h2-6,12,15,17H,7-10H2,1H3,(H,16,18). The van der Waals surface area contributed by atoms with Crippen LogP contribution in [0.2, 0.25) is 0 Å². The van der Waals surface area contributed by atoms with E-state index in [1.54, 1.807) is 0 Å². The van der Waals surface area contributed by atoms with Crippen LogP contribution in [0.15, 0.2) is 30.3 Å². The Bertz CT molecular complexity index is 424. The zero-order valence-corrected chi connectivity index (χ0v) is 11.1. The Balaban J connectivity index is 1.73. The number of aliphatic hydroxyl groups is 1. The molecule has 3 N–H and O–H groups in total. The van der Waals surface area contributed by atoms with E-state index in [1.807, 2.05) is 37.3 Å². The van der Waals surface area contributed by atoms with E-state index in [2.05, 4.69) is 10.6 Å². The van der Waals surface area contributed by atoms with Gasteiger partial charge in [-0.15, -0.1) is 0 Å². The number of carbonyl (C=O) groups is 1. The summed E-state index contributed by atoms with van der Waals surface area (Å²) in [4.78, 5) is 11.6. The van der Waals surface area contributed by atoms with Crippen molar-refractivity contribution in [1.82, 2.24) is 10.6 Å². The van der Waals surface area contributed by atoms with Gasteiger partial charge in [0.25, 0.3) is 0 Å². The Kier molecular flexibility index (Phi) is 4.39. The molecule has 1 aromatic rings. The Morgan fingerprint density at radius 1 is 1.53 bits per heavy atom. The Morgan fingerprint density at radius 3 is 2.89 bits per heavy atom. The van der Waals surface area contributed by atoms with E-state index in [0.29, 0.717) is 19.6 Å². The highest BCUT2D eigenvalue weighted by Gasteiger charge is 2.37. The van der Waals surface area contributed by atoms with Crippen LogP contribution in [0.1, 0.15) is 12.5 Å². The molecule has 0 saturated carbocycles. The third-order valence-electron chi connectivity index (χ3n) is 3.52. The van der Waals surface area contributed by atoms with Gasteiger partial charge in [0, 0.05) is 25.0 Å². The molecule has 1 saturated heterocycles. The van der Waals surface area contributed by atoms with Crippen molar-refractivity contribution in [2.24, 2.45) is 5.41 Å². The number of nitrogens with one attached hydrogen (secondary N) is 2. The summed E-state index contributed by atoms with van der Waals surface area (Å²) in [6.45, 7) is 3.85. The number of β-amino-alcohol motifs (C(OH)–C–C–N with tert-alkyl or cyclic N) is 1. The molecule has 0 aromatic heterocycles. The summed E-state index contributed by atoms with van der Waals surface area (Å²) >= 11 is 0. The lowest BCUT2D eigenvalue weighted by Crippen LogP contribution is -2.43. The van der Waals surface area contributed by atoms with Crippen molar-refractivity contribution in [3.63, 3.8) is 0 Å². The molecule has 0 bridgehead atoms. The minimum absolute atomic E-state index is 0.254. The number of hydrogen-bond donors (Lipinski definition) is 3. The number of benzene rings is 1. The Morgan fingerprint density at radius 2 is 2.26 bits per heavy atom. The second kappa shape index (κ2) is 6.04. The monoisotopic (exact) mass is 264 g/mol. The highest BCUT2D eigenvalue weighted by atomic mass is 16.5. The van der Waals surface area contributed by atoms with Gasteiger partial charge in [-0.3, -0.25) is 0 Å². The molecule has 1 aliphatic heterocycles. The van der Waals surface area contributed by atoms with Crippen LogP contribution in [-0.2, 0) is 11.3 Å². The van der Waals surface area contributed by atoms with Crippen LogP contribution in [0, 0.1) is 5.41 Å². The maximum Gasteiger partial charge on any atom is 0.407 e. The molecule has 1 amide bonds. The first-order valence-electron chi connectivity index (χ1n) is 6.43. The quantitative estimate of drug-likeness (QED) is 0.755. The van der Waals surface area contributed by atoms with Gasteiger partial charge < -0.3 is 20.5 Å². The first kappa shape index (κ1) is 13.8. The van der Waals surface area contributed by atoms with E-state index in [1.165, 1.54) is 0 Å². The lowest BCUT2D eigenvalue weighted by Gasteiger charge is -2.26. The van der Waals surface area contributed by atoms with E-state index in [-0.39, 0.29) is 12.0 Å². The van der Waals surface area contributed by atoms with Gasteiger partial charge in [-0.05, 0) is 5.56 Å². The van der Waals surface area contributed by atoms with E-state index in [9.17, 15) is 9.90 Å². The van der Waals surface area contributed by atoms with Crippen LogP contribution in [0.25, 0.3) is 0 Å². The molecule has 5 nitrogen and oxygen atoms in total. The lowest BCUT2D eigenvalue weighted by atomic mass is 9.87. The Hall–Kier alpha value is -1.59. The average Bonchev–Trinajstić information content (AvgIpc) is 2.76. The molecule has 0 aliphatic carbocycles. The van der Waals surface area contributed by atoms with Crippen LogP contribution in [0.5, 0.6) is 0 Å². The summed E-state index contributed by atoms with van der Waals surface area (Å²) < 4.78 is 5.12. The second-order valence-corrected chi connectivity index (χ2v) is 5.22. The van der Waals surface area contributed by atoms with Crippen molar-refractivity contribution < 1.29 is 14.6 Å². The number of amides is 1. The van der Waals surface area contributed by atoms with Gasteiger partial charge in [-0.1, -0.05) is 37.3 Å². The molecule has 5 heteroatoms. The fourth-order valence-corrected chi connectivity index (χ4v) is 2.09. The predicted molar refractivity (Wildman–Crippen MR) is 71.6 cm³/mol. The van der Waals surface area contributed by atoms with Crippen LogP contribution in [0.4, 0.5) is 4.79 Å². The van der Waals surface area contributed by atoms with E-state index in [0.717, 1.165) is 5.56 Å². The first-order valence-corrected chi connectivity index (χ1v) is 6.43. The zero-order valence-electron chi connectivity index (χ0n) is 11.1. The summed E-state index contributed by atoms with van der Waals surface area (Å²) in [5.74, 6) is 0. The van der Waals surface area contributed by atoms with E-state index in [4.69, 9.17) is 4.74 Å². The second-order valence-electron chi connectivity index (χ2n) is 5.22. The largest absolute Gasteiger partial charge is 0.445 e. The molecule has 2 rings (SSSR count). The molecule has 1 aliphatic rings. The maximum atomic E-state index is 11.6. The Labute approximate surface area is 113 Å². The summed E-state index contributed by atoms with van der Waals surface area (Å²) in [6, 6.07) is 9.52. The normalized spacial score (nSPS) is 26.1. The number of aliphatic hydroxyl groups excluding tert-OH is 1. The minimum Gasteiger partial charge on any atom is -0.445 e. The number of ether oxygens (including phenoxy) is 1. The number of hydrogen-bond acceptors (Lipinski definition) is 4. The molecular weight excluding hydrogens is 244 g/mol. The highest BCUT2D eigenvalue weighted by Crippen LogP contribution is 2.23. The molecule has 19 heavy (non-hydrogen) atoms. The highest BCUT2D eigenvalue weighted by molar-refractivity contribution is 5.67. The molecular formula is C14H20N2O3. The van der Waals surface area contributed by atoms with Crippen molar-refractivity contribution in [3.8, 4) is 0 Å². The third-order valence-corrected chi connectivity index (χ3v) is 3.52. The lowest BCUT2D eigenvalue weighted by molar-refractivity contribution is 0.0776. The SMILES string of the molecule is CC1(CNC(=O)OCc2ccccc2)CNCC1O. The molecule has 2 atom stereocenters. The van der Waals surface area contributed by atoms with Gasteiger partial charge in [0.05, 0.1) is 6.10 Å². The molecule has 0 spiro atoms. The number of alkyl carbamates (subject to hydrolysis) is 1. The number of rotatable bonds is 4. The summed E-state index contributed by atoms with van der Waals surface area (Å²) in [6.07, 6.45) is -0.897. The molecule has 104 valence electrons. The summed E-state index contributed by atoms with van der Waals surface area (Å²) in [5, 5.41) is 15.6. The van der Waals surface area contributed by atoms with Crippen molar-refractivity contribution in [2.75, 3.05) is 19.6 Å². The third kappa shape index (κ3) is 3.68. The fraction of sp³-hybridized carbons (Fsp3) is 0.500. The van der Waals surface area contributed by atoms with E-state index < -0.39 is 12.2 Å². The van der Waals surface area contributed by atoms with Crippen LogP contribution in [-0.4, -0.2) is 36.9 Å². The first-order chi connectivity index (χ1) is 9.10. The molecule has 0 radical (unpaired) electrons. The van der Waals surface area contributed by atoms with Crippen LogP contribution >= 0.6 is 0 Å². The van der Waals surface area contributed by atoms with Gasteiger partial charge in [0.1, 0.15) is 6.61 Å².